The summed E-state index contributed by atoms with van der Waals surface area (Å²) in [6, 6.07) is 12.0. The van der Waals surface area contributed by atoms with E-state index in [9.17, 15) is 18.8 Å². The largest absolute Gasteiger partial charge is 0.378 e. The van der Waals surface area contributed by atoms with Crippen molar-refractivity contribution in [3.63, 3.8) is 0 Å². The summed E-state index contributed by atoms with van der Waals surface area (Å²) in [7, 11) is 0. The molecule has 4 aliphatic carbocycles. The van der Waals surface area contributed by atoms with Crippen LogP contribution in [0.25, 0.3) is 10.8 Å². The van der Waals surface area contributed by atoms with Gasteiger partial charge in [0.15, 0.2) is 0 Å². The van der Waals surface area contributed by atoms with Gasteiger partial charge in [0.2, 0.25) is 0 Å². The lowest BCUT2D eigenvalue weighted by atomic mass is 9.45. The van der Waals surface area contributed by atoms with Gasteiger partial charge in [-0.15, -0.1) is 0 Å². The highest BCUT2D eigenvalue weighted by Crippen LogP contribution is 2.66. The number of hydrogen-bond donors (Lipinski definition) is 1. The first-order chi connectivity index (χ1) is 25.6. The number of ketones is 1. The first-order valence-corrected chi connectivity index (χ1v) is 20.5. The van der Waals surface area contributed by atoms with Crippen LogP contribution in [0.1, 0.15) is 113 Å². The number of carbonyl (C=O) groups excluding carboxylic acids is 2. The van der Waals surface area contributed by atoms with Crippen molar-refractivity contribution in [2.24, 2.45) is 34.5 Å². The van der Waals surface area contributed by atoms with E-state index in [0.29, 0.717) is 59.2 Å². The molecule has 1 amide bonds. The summed E-state index contributed by atoms with van der Waals surface area (Å²) < 4.78 is 21.7. The molecule has 9 heteroatoms. The number of rotatable bonds is 10. The van der Waals surface area contributed by atoms with Crippen molar-refractivity contribution in [3.8, 4) is 0 Å². The Labute approximate surface area is 313 Å². The van der Waals surface area contributed by atoms with E-state index in [2.05, 4.69) is 28.9 Å². The normalized spacial score (nSPS) is 31.6. The fourth-order valence-corrected chi connectivity index (χ4v) is 11.8. The van der Waals surface area contributed by atoms with Crippen LogP contribution in [0.5, 0.6) is 0 Å². The highest BCUT2D eigenvalue weighted by atomic mass is 19.1. The van der Waals surface area contributed by atoms with Gasteiger partial charge in [-0.05, 0) is 129 Å². The minimum atomic E-state index is -0.517. The van der Waals surface area contributed by atoms with Gasteiger partial charge in [-0.1, -0.05) is 38.1 Å². The minimum absolute atomic E-state index is 0.0868. The predicted molar refractivity (Wildman–Crippen MR) is 204 cm³/mol. The predicted octanol–water partition coefficient (Wildman–Crippen LogP) is 7.58. The van der Waals surface area contributed by atoms with E-state index in [-0.39, 0.29) is 17.0 Å². The second kappa shape index (κ2) is 15.0. The van der Waals surface area contributed by atoms with Crippen LogP contribution in [0, 0.1) is 40.3 Å². The number of nitrogens with zero attached hydrogens (tertiary/aromatic N) is 3. The third-order valence-corrected chi connectivity index (χ3v) is 14.9. The molecule has 8 rings (SSSR count). The minimum Gasteiger partial charge on any atom is -0.378 e. The molecule has 53 heavy (non-hydrogen) atoms. The van der Waals surface area contributed by atoms with Crippen molar-refractivity contribution in [2.45, 2.75) is 103 Å². The summed E-state index contributed by atoms with van der Waals surface area (Å²) >= 11 is 0. The van der Waals surface area contributed by atoms with Crippen LogP contribution in [-0.2, 0) is 16.0 Å². The van der Waals surface area contributed by atoms with Crippen LogP contribution in [-0.4, -0.2) is 77.1 Å². The van der Waals surface area contributed by atoms with Crippen molar-refractivity contribution in [3.05, 3.63) is 75.5 Å². The quantitative estimate of drug-likeness (QED) is 0.217. The van der Waals surface area contributed by atoms with E-state index in [1.807, 2.05) is 18.2 Å². The standard InChI is InChI=1S/C44H57FN4O4/c1-43-18-16-31(50)28-30(43)11-12-34-36-13-15-40(44(36,2)19-17-37(34)43)53-25-7-3-6-20-48-21-23-49(24-22-48)42(52)35-26-29(10-14-38(35)45)27-39-32-8-4-5-9-33(32)41(51)47-46-39/h4-5,8-10,14,26,30,34,36-37,40H,3,6-7,11-13,15-25,27-28H2,1-2H3,(H,47,51)/t30-,34-,36-,37-,40?,43-,44-/m0/s1. The number of ether oxygens (including phenoxy) is 1. The van der Waals surface area contributed by atoms with Gasteiger partial charge in [-0.3, -0.25) is 19.3 Å². The Morgan fingerprint density at radius 2 is 1.70 bits per heavy atom. The summed E-state index contributed by atoms with van der Waals surface area (Å²) in [5, 5.41) is 8.12. The highest BCUT2D eigenvalue weighted by molar-refractivity contribution is 5.95. The molecule has 5 fully saturated rings. The highest BCUT2D eigenvalue weighted by Gasteiger charge is 2.60. The summed E-state index contributed by atoms with van der Waals surface area (Å²) in [5.74, 6) is 2.69. The van der Waals surface area contributed by atoms with Crippen molar-refractivity contribution >= 4 is 22.5 Å². The number of unbranched alkanes of at least 4 members (excludes halogenated alkanes) is 2. The summed E-state index contributed by atoms with van der Waals surface area (Å²) in [6.45, 7) is 9.65. The number of hydrogen-bond acceptors (Lipinski definition) is 6. The first-order valence-electron chi connectivity index (χ1n) is 20.5. The molecule has 1 unspecified atom stereocenters. The molecule has 2 aromatic carbocycles. The number of piperazine rings is 1. The van der Waals surface area contributed by atoms with E-state index in [1.54, 1.807) is 23.1 Å². The van der Waals surface area contributed by atoms with E-state index >= 15 is 0 Å². The molecular weight excluding hydrogens is 668 g/mol. The Balaban J connectivity index is 0.764. The molecule has 284 valence electrons. The molecule has 1 N–H and O–H groups in total. The van der Waals surface area contributed by atoms with Crippen molar-refractivity contribution in [1.29, 1.82) is 0 Å². The molecule has 5 aliphatic rings. The van der Waals surface area contributed by atoms with Crippen molar-refractivity contribution in [1.82, 2.24) is 20.0 Å². The lowest BCUT2D eigenvalue weighted by Gasteiger charge is -2.60. The lowest BCUT2D eigenvalue weighted by molar-refractivity contribution is -0.145. The molecule has 8 nitrogen and oxygen atoms in total. The number of carbonyl (C=O) groups is 2. The number of H-pyrrole nitrogens is 1. The van der Waals surface area contributed by atoms with Gasteiger partial charge in [-0.2, -0.15) is 5.10 Å². The van der Waals surface area contributed by atoms with Crippen molar-refractivity contribution < 1.29 is 18.7 Å². The topological polar surface area (TPSA) is 95.6 Å². The third kappa shape index (κ3) is 7.01. The third-order valence-electron chi connectivity index (χ3n) is 14.9. The molecule has 7 atom stereocenters. The monoisotopic (exact) mass is 724 g/mol. The van der Waals surface area contributed by atoms with Crippen LogP contribution < -0.4 is 5.56 Å². The first kappa shape index (κ1) is 36.5. The Bertz CT molecular complexity index is 1890. The number of aromatic nitrogens is 2. The Morgan fingerprint density at radius 1 is 0.906 bits per heavy atom. The summed E-state index contributed by atoms with van der Waals surface area (Å²) in [5.41, 5.74) is 1.96. The van der Waals surface area contributed by atoms with E-state index in [0.717, 1.165) is 93.5 Å². The Morgan fingerprint density at radius 3 is 2.53 bits per heavy atom. The maximum Gasteiger partial charge on any atom is 0.272 e. The van der Waals surface area contributed by atoms with Crippen LogP contribution in [0.15, 0.2) is 47.3 Å². The molecule has 4 saturated carbocycles. The Kier molecular flexibility index (Phi) is 10.3. The lowest BCUT2D eigenvalue weighted by Crippen LogP contribution is -2.54. The van der Waals surface area contributed by atoms with Crippen LogP contribution in [0.4, 0.5) is 4.39 Å². The number of nitrogens with one attached hydrogen (secondary N) is 1. The zero-order valence-corrected chi connectivity index (χ0v) is 31.7. The molecule has 0 bridgehead atoms. The van der Waals surface area contributed by atoms with Crippen molar-refractivity contribution in [2.75, 3.05) is 39.3 Å². The number of amides is 1. The van der Waals surface area contributed by atoms with Crippen LogP contribution >= 0.6 is 0 Å². The number of halogens is 1. The van der Waals surface area contributed by atoms with Gasteiger partial charge < -0.3 is 9.64 Å². The number of benzene rings is 2. The average Bonchev–Trinajstić information content (AvgIpc) is 3.51. The van der Waals surface area contributed by atoms with Gasteiger partial charge >= 0.3 is 0 Å². The zero-order chi connectivity index (χ0) is 36.7. The summed E-state index contributed by atoms with van der Waals surface area (Å²) in [4.78, 5) is 42.1. The number of Topliss-reactive ketones (excluding diaryl/α,β-unsaturated/α-hetero) is 1. The van der Waals surface area contributed by atoms with Gasteiger partial charge in [0.1, 0.15) is 11.6 Å². The molecule has 1 saturated heterocycles. The number of aromatic amines is 1. The number of fused-ring (bicyclic) bond motifs is 6. The maximum absolute atomic E-state index is 15.0. The van der Waals surface area contributed by atoms with Gasteiger partial charge in [0.25, 0.3) is 11.5 Å². The molecule has 0 spiro atoms. The smallest absolute Gasteiger partial charge is 0.272 e. The SMILES string of the molecule is C[C@]12CCC(=O)C[C@@H]1CC[C@@H]1[C@@H]2CC[C@]2(C)C(OCCCCCN3CCN(C(=O)c4cc(Cc5n[nH]c(=O)c6ccccc56)ccc4F)CC3)CC[C@@H]12. The molecule has 2 heterocycles. The van der Waals surface area contributed by atoms with Crippen LogP contribution in [0.3, 0.4) is 0 Å². The fourth-order valence-electron chi connectivity index (χ4n) is 11.8. The van der Waals surface area contributed by atoms with Gasteiger partial charge in [-0.25, -0.2) is 9.49 Å². The molecule has 3 aromatic rings. The van der Waals surface area contributed by atoms with E-state index < -0.39 is 5.82 Å². The maximum atomic E-state index is 15.0. The second-order valence-electron chi connectivity index (χ2n) is 17.6. The molecule has 1 aliphatic heterocycles. The fraction of sp³-hybridized carbons (Fsp3) is 0.636. The summed E-state index contributed by atoms with van der Waals surface area (Å²) in [6.07, 6.45) is 14.5. The second-order valence-corrected chi connectivity index (χ2v) is 17.6. The van der Waals surface area contributed by atoms with Gasteiger partial charge in [0.05, 0.1) is 22.7 Å². The molecular formula is C44H57FN4O4. The average molecular weight is 725 g/mol. The van der Waals surface area contributed by atoms with E-state index in [4.69, 9.17) is 4.74 Å². The van der Waals surface area contributed by atoms with Gasteiger partial charge in [0, 0.05) is 57.4 Å². The van der Waals surface area contributed by atoms with E-state index in [1.165, 1.54) is 44.6 Å². The van der Waals surface area contributed by atoms with Crippen LogP contribution in [0.2, 0.25) is 0 Å². The molecule has 1 aromatic heterocycles. The Hall–Kier alpha value is -3.43. The zero-order valence-electron chi connectivity index (χ0n) is 31.7. The molecule has 0 radical (unpaired) electrons.